The van der Waals surface area contributed by atoms with Crippen LogP contribution in [0, 0.1) is 0 Å². The number of rotatable bonds is 5. The van der Waals surface area contributed by atoms with Crippen molar-refractivity contribution in [3.63, 3.8) is 0 Å². The number of nitrogens with zero attached hydrogens (tertiary/aromatic N) is 2. The van der Waals surface area contributed by atoms with Crippen LogP contribution in [-0.2, 0) is 0 Å². The van der Waals surface area contributed by atoms with Gasteiger partial charge in [0.05, 0.1) is 5.52 Å². The summed E-state index contributed by atoms with van der Waals surface area (Å²) < 4.78 is 0. The molecule has 122 valence electrons. The van der Waals surface area contributed by atoms with E-state index >= 15 is 0 Å². The zero-order chi connectivity index (χ0) is 16.5. The number of anilines is 2. The highest BCUT2D eigenvalue weighted by Crippen LogP contribution is 2.25. The zero-order valence-electron chi connectivity index (χ0n) is 14.1. The summed E-state index contributed by atoms with van der Waals surface area (Å²) in [7, 11) is 0. The number of hydrogen-bond acceptors (Lipinski definition) is 5. The van der Waals surface area contributed by atoms with Crippen LogP contribution in [0.5, 0.6) is 0 Å². The van der Waals surface area contributed by atoms with Crippen LogP contribution < -0.4 is 11.1 Å². The smallest absolute Gasteiger partial charge is 0.222 e. The Bertz CT molecular complexity index is 584. The van der Waals surface area contributed by atoms with Gasteiger partial charge in [0, 0.05) is 18.5 Å². The molecule has 0 radical (unpaired) electrons. The van der Waals surface area contributed by atoms with Crippen LogP contribution >= 0.6 is 0 Å². The van der Waals surface area contributed by atoms with Crippen molar-refractivity contribution in [1.29, 1.82) is 0 Å². The van der Waals surface area contributed by atoms with E-state index in [0.29, 0.717) is 11.9 Å². The topological polar surface area (TPSA) is 84.1 Å². The van der Waals surface area contributed by atoms with Crippen molar-refractivity contribution in [3.05, 3.63) is 23.8 Å². The van der Waals surface area contributed by atoms with Crippen LogP contribution in [0.25, 0.3) is 10.9 Å². The third-order valence-corrected chi connectivity index (χ3v) is 3.23. The predicted molar refractivity (Wildman–Crippen MR) is 94.2 cm³/mol. The van der Waals surface area contributed by atoms with Crippen molar-refractivity contribution in [2.45, 2.75) is 46.5 Å². The number of nitrogens with two attached hydrogens (primary N) is 1. The molecule has 1 aromatic carbocycles. The lowest BCUT2D eigenvalue weighted by Gasteiger charge is -2.11. The molecule has 0 aliphatic rings. The zero-order valence-corrected chi connectivity index (χ0v) is 14.1. The van der Waals surface area contributed by atoms with E-state index in [0.717, 1.165) is 36.1 Å². The maximum Gasteiger partial charge on any atom is 0.222 e. The molecule has 22 heavy (non-hydrogen) atoms. The van der Waals surface area contributed by atoms with Gasteiger partial charge in [-0.3, -0.25) is 0 Å². The number of benzene rings is 1. The number of nitrogen functional groups attached to an aromatic ring is 1. The Morgan fingerprint density at radius 2 is 1.91 bits per heavy atom. The second-order valence-electron chi connectivity index (χ2n) is 5.46. The van der Waals surface area contributed by atoms with Crippen molar-refractivity contribution in [2.24, 2.45) is 0 Å². The highest BCUT2D eigenvalue weighted by molar-refractivity contribution is 5.90. The molecule has 0 aliphatic carbocycles. The summed E-state index contributed by atoms with van der Waals surface area (Å²) in [5.74, 6) is 1.66. The van der Waals surface area contributed by atoms with E-state index in [1.165, 1.54) is 5.56 Å². The summed E-state index contributed by atoms with van der Waals surface area (Å²) in [6.07, 6.45) is 2.28. The number of aliphatic hydroxyl groups is 1. The lowest BCUT2D eigenvalue weighted by atomic mass is 10.0. The Balaban J connectivity index is 0.000000745. The van der Waals surface area contributed by atoms with Gasteiger partial charge in [-0.05, 0) is 37.0 Å². The molecule has 0 atom stereocenters. The molecule has 5 nitrogen and oxygen atoms in total. The monoisotopic (exact) mass is 304 g/mol. The summed E-state index contributed by atoms with van der Waals surface area (Å²) in [5.41, 5.74) is 7.95. The largest absolute Gasteiger partial charge is 0.397 e. The number of aliphatic hydroxyl groups excluding tert-OH is 1. The number of fused-ring (bicyclic) bond motifs is 1. The van der Waals surface area contributed by atoms with Crippen LogP contribution in [0.15, 0.2) is 18.2 Å². The fraction of sp³-hybridized carbons (Fsp3) is 0.529. The molecule has 5 heteroatoms. The molecule has 1 heterocycles. The molecule has 0 saturated heterocycles. The van der Waals surface area contributed by atoms with Gasteiger partial charge in [0.15, 0.2) is 0 Å². The van der Waals surface area contributed by atoms with Crippen LogP contribution in [0.3, 0.4) is 0 Å². The molecule has 1 aromatic heterocycles. The third-order valence-electron chi connectivity index (χ3n) is 3.23. The first-order valence-corrected chi connectivity index (χ1v) is 7.95. The number of unbranched alkanes of at least 4 members (excludes halogenated alkanes) is 1. The van der Waals surface area contributed by atoms with Crippen LogP contribution in [0.1, 0.15) is 52.0 Å². The van der Waals surface area contributed by atoms with Gasteiger partial charge in [0.2, 0.25) is 5.95 Å². The Kier molecular flexibility index (Phi) is 7.60. The van der Waals surface area contributed by atoms with Gasteiger partial charge in [0.1, 0.15) is 5.82 Å². The second kappa shape index (κ2) is 9.20. The predicted octanol–water partition coefficient (Wildman–Crippen LogP) is 3.55. The minimum Gasteiger partial charge on any atom is -0.397 e. The molecule has 2 rings (SSSR count). The van der Waals surface area contributed by atoms with Crippen molar-refractivity contribution >= 4 is 22.7 Å². The SMILES string of the molecule is CCCCNc1nc(N)nc2ccc(C(C)C)cc12.CCO. The van der Waals surface area contributed by atoms with E-state index < -0.39 is 0 Å². The van der Waals surface area contributed by atoms with E-state index in [1.807, 2.05) is 6.07 Å². The number of nitrogens with one attached hydrogen (secondary N) is 1. The summed E-state index contributed by atoms with van der Waals surface area (Å²) >= 11 is 0. The Labute approximate surface area is 133 Å². The molecule has 2 aromatic rings. The maximum absolute atomic E-state index is 7.57. The van der Waals surface area contributed by atoms with Gasteiger partial charge in [0.25, 0.3) is 0 Å². The lowest BCUT2D eigenvalue weighted by molar-refractivity contribution is 0.318. The second-order valence-corrected chi connectivity index (χ2v) is 5.46. The molecule has 4 N–H and O–H groups in total. The van der Waals surface area contributed by atoms with Gasteiger partial charge in [-0.15, -0.1) is 0 Å². The summed E-state index contributed by atoms with van der Waals surface area (Å²) in [6.45, 7) is 9.38. The van der Waals surface area contributed by atoms with Crippen LogP contribution in [0.4, 0.5) is 11.8 Å². The normalized spacial score (nSPS) is 10.5. The first-order chi connectivity index (χ1) is 10.5. The number of hydrogen-bond donors (Lipinski definition) is 3. The highest BCUT2D eigenvalue weighted by Gasteiger charge is 2.08. The van der Waals surface area contributed by atoms with Crippen LogP contribution in [-0.4, -0.2) is 28.2 Å². The first-order valence-electron chi connectivity index (χ1n) is 7.95. The summed E-state index contributed by atoms with van der Waals surface area (Å²) in [4.78, 5) is 8.62. The fourth-order valence-corrected chi connectivity index (χ4v) is 2.04. The minimum absolute atomic E-state index is 0.250. The van der Waals surface area contributed by atoms with Gasteiger partial charge in [-0.2, -0.15) is 4.98 Å². The molecule has 0 saturated carbocycles. The molecule has 0 aliphatic heterocycles. The molecule has 0 bridgehead atoms. The first kappa shape index (κ1) is 18.2. The van der Waals surface area contributed by atoms with E-state index in [4.69, 9.17) is 10.8 Å². The van der Waals surface area contributed by atoms with Crippen molar-refractivity contribution in [2.75, 3.05) is 24.2 Å². The lowest BCUT2D eigenvalue weighted by Crippen LogP contribution is -2.06. The van der Waals surface area contributed by atoms with Gasteiger partial charge >= 0.3 is 0 Å². The molecule has 0 amide bonds. The van der Waals surface area contributed by atoms with E-state index in [-0.39, 0.29) is 6.61 Å². The van der Waals surface area contributed by atoms with Crippen molar-refractivity contribution in [1.82, 2.24) is 9.97 Å². The average Bonchev–Trinajstić information content (AvgIpc) is 2.47. The average molecular weight is 304 g/mol. The summed E-state index contributed by atoms with van der Waals surface area (Å²) in [5, 5.41) is 12.0. The van der Waals surface area contributed by atoms with E-state index in [9.17, 15) is 0 Å². The quantitative estimate of drug-likeness (QED) is 0.736. The van der Waals surface area contributed by atoms with Gasteiger partial charge in [-0.1, -0.05) is 33.3 Å². The minimum atomic E-state index is 0.250. The number of aromatic nitrogens is 2. The third kappa shape index (κ3) is 5.15. The van der Waals surface area contributed by atoms with E-state index in [1.54, 1.807) is 6.92 Å². The van der Waals surface area contributed by atoms with Gasteiger partial charge < -0.3 is 16.2 Å². The summed E-state index contributed by atoms with van der Waals surface area (Å²) in [6, 6.07) is 6.29. The highest BCUT2D eigenvalue weighted by atomic mass is 16.2. The molecular weight excluding hydrogens is 276 g/mol. The van der Waals surface area contributed by atoms with Crippen molar-refractivity contribution < 1.29 is 5.11 Å². The molecule has 0 unspecified atom stereocenters. The van der Waals surface area contributed by atoms with E-state index in [2.05, 4.69) is 48.2 Å². The molecule has 0 fully saturated rings. The maximum atomic E-state index is 7.57. The standard InChI is InChI=1S/C15H22N4.C2H6O/c1-4-5-8-17-14-12-9-11(10(2)3)6-7-13(12)18-15(16)19-14;1-2-3/h6-7,9-10H,4-5,8H2,1-3H3,(H3,16,17,18,19);3H,2H2,1H3. The van der Waals surface area contributed by atoms with Crippen LogP contribution in [0.2, 0.25) is 0 Å². The molecular formula is C17H28N4O. The Hall–Kier alpha value is -1.88. The Morgan fingerprint density at radius 3 is 2.50 bits per heavy atom. The van der Waals surface area contributed by atoms with Crippen molar-refractivity contribution in [3.8, 4) is 0 Å². The molecule has 0 spiro atoms. The van der Waals surface area contributed by atoms with Gasteiger partial charge in [-0.25, -0.2) is 4.98 Å². The fourth-order valence-electron chi connectivity index (χ4n) is 2.04. The Morgan fingerprint density at radius 1 is 1.23 bits per heavy atom.